The third-order valence-electron chi connectivity index (χ3n) is 7.26. The number of hydrogen-bond donors (Lipinski definition) is 9. The fraction of sp³-hybridized carbons (Fsp3) is 0.300. The van der Waals surface area contributed by atoms with Gasteiger partial charge in [-0.3, -0.25) is 19.2 Å². The molecule has 232 valence electrons. The monoisotopic (exact) mass is 606 g/mol. The number of H-pyrrole nitrogens is 2. The Hall–Kier alpha value is -5.21. The van der Waals surface area contributed by atoms with E-state index in [0.717, 1.165) is 27.4 Å². The molecule has 0 radical (unpaired) electrons. The maximum atomic E-state index is 13.3. The Morgan fingerprint density at radius 3 is 1.75 bits per heavy atom. The number of carboxylic acid groups (broad SMARTS) is 2. The van der Waals surface area contributed by atoms with Gasteiger partial charge in [-0.2, -0.15) is 0 Å². The van der Waals surface area contributed by atoms with Crippen molar-refractivity contribution in [3.8, 4) is 0 Å². The summed E-state index contributed by atoms with van der Waals surface area (Å²) in [4.78, 5) is 68.3. The number of carbonyl (C=O) groups is 5. The van der Waals surface area contributed by atoms with Crippen LogP contribution in [0.2, 0.25) is 0 Å². The molecule has 44 heavy (non-hydrogen) atoms. The standard InChI is InChI=1S/C30H34N6O8/c31-20(11-16-13-32-21-7-3-1-5-18(16)21)27(40)36-25(15-37)29(42)35-24(12-17-14-33-22-8-4-2-6-19(17)22)28(41)34-23(30(43)44)9-10-26(38)39/h1-8,13-14,20,23-25,32-33,37H,9-12,15,31H2,(H,34,41)(H,35,42)(H,36,40)(H,38,39)(H,43,44). The number of hydrogen-bond acceptors (Lipinski definition) is 7. The van der Waals surface area contributed by atoms with E-state index < -0.39 is 66.9 Å². The highest BCUT2D eigenvalue weighted by atomic mass is 16.4. The molecule has 4 atom stereocenters. The number of aliphatic carboxylic acids is 2. The number of amides is 3. The summed E-state index contributed by atoms with van der Waals surface area (Å²) < 4.78 is 0. The summed E-state index contributed by atoms with van der Waals surface area (Å²) in [5, 5.41) is 37.3. The number of carboxylic acids is 2. The molecule has 2 aromatic heterocycles. The first kappa shape index (κ1) is 31.7. The summed E-state index contributed by atoms with van der Waals surface area (Å²) in [5.74, 6) is -5.18. The zero-order valence-corrected chi connectivity index (χ0v) is 23.6. The molecule has 0 spiro atoms. The topological polar surface area (TPSA) is 240 Å². The van der Waals surface area contributed by atoms with Crippen molar-refractivity contribution >= 4 is 51.5 Å². The summed E-state index contributed by atoms with van der Waals surface area (Å²) in [5.41, 5.74) is 9.18. The van der Waals surface area contributed by atoms with E-state index in [1.165, 1.54) is 0 Å². The van der Waals surface area contributed by atoms with Gasteiger partial charge in [-0.15, -0.1) is 0 Å². The van der Waals surface area contributed by atoms with Gasteiger partial charge in [0.05, 0.1) is 12.6 Å². The molecule has 3 amide bonds. The number of aliphatic hydroxyl groups excluding tert-OH is 1. The summed E-state index contributed by atoms with van der Waals surface area (Å²) in [6.45, 7) is -0.810. The first-order valence-electron chi connectivity index (χ1n) is 13.9. The molecule has 0 bridgehead atoms. The van der Waals surface area contributed by atoms with E-state index in [9.17, 15) is 34.2 Å². The lowest BCUT2D eigenvalue weighted by Gasteiger charge is -2.24. The number of nitrogens with two attached hydrogens (primary N) is 1. The first-order chi connectivity index (χ1) is 21.1. The Balaban J connectivity index is 1.48. The van der Waals surface area contributed by atoms with Gasteiger partial charge in [-0.05, 0) is 36.1 Å². The number of fused-ring (bicyclic) bond motifs is 2. The van der Waals surface area contributed by atoms with E-state index in [-0.39, 0.29) is 19.3 Å². The van der Waals surface area contributed by atoms with E-state index in [1.807, 2.05) is 36.4 Å². The molecule has 14 heteroatoms. The van der Waals surface area contributed by atoms with Gasteiger partial charge in [0.2, 0.25) is 17.7 Å². The van der Waals surface area contributed by atoms with E-state index in [0.29, 0.717) is 5.56 Å². The van der Waals surface area contributed by atoms with Crippen molar-refractivity contribution < 1.29 is 39.3 Å². The van der Waals surface area contributed by atoms with Crippen molar-refractivity contribution in [2.45, 2.75) is 49.9 Å². The van der Waals surface area contributed by atoms with Crippen molar-refractivity contribution in [2.75, 3.05) is 6.61 Å². The molecule has 0 aliphatic carbocycles. The molecule has 0 saturated carbocycles. The van der Waals surface area contributed by atoms with E-state index in [2.05, 4.69) is 25.9 Å². The fourth-order valence-electron chi connectivity index (χ4n) is 4.90. The van der Waals surface area contributed by atoms with Crippen LogP contribution < -0.4 is 21.7 Å². The average Bonchev–Trinajstić information content (AvgIpc) is 3.61. The highest BCUT2D eigenvalue weighted by molar-refractivity contribution is 5.95. The maximum absolute atomic E-state index is 13.3. The van der Waals surface area contributed by atoms with Crippen LogP contribution in [0, 0.1) is 0 Å². The van der Waals surface area contributed by atoms with Crippen LogP contribution in [-0.2, 0) is 36.8 Å². The minimum Gasteiger partial charge on any atom is -0.481 e. The zero-order valence-electron chi connectivity index (χ0n) is 23.6. The van der Waals surface area contributed by atoms with Gasteiger partial charge in [-0.25, -0.2) is 4.79 Å². The third kappa shape index (κ3) is 7.79. The van der Waals surface area contributed by atoms with Crippen LogP contribution in [0.1, 0.15) is 24.0 Å². The lowest BCUT2D eigenvalue weighted by atomic mass is 10.0. The van der Waals surface area contributed by atoms with Crippen LogP contribution in [0.15, 0.2) is 60.9 Å². The van der Waals surface area contributed by atoms with Gasteiger partial charge >= 0.3 is 11.9 Å². The van der Waals surface area contributed by atoms with Crippen molar-refractivity contribution in [3.05, 3.63) is 72.1 Å². The lowest BCUT2D eigenvalue weighted by molar-refractivity contribution is -0.143. The molecule has 0 saturated heterocycles. The zero-order chi connectivity index (χ0) is 31.8. The number of aromatic nitrogens is 2. The van der Waals surface area contributed by atoms with Crippen LogP contribution in [-0.4, -0.2) is 85.7 Å². The third-order valence-corrected chi connectivity index (χ3v) is 7.26. The number of benzene rings is 2. The van der Waals surface area contributed by atoms with Gasteiger partial charge < -0.3 is 47.0 Å². The number of aromatic amines is 2. The predicted octanol–water partition coefficient (Wildman–Crippen LogP) is 0.158. The molecular weight excluding hydrogens is 572 g/mol. The van der Waals surface area contributed by atoms with Gasteiger partial charge in [0, 0.05) is 47.0 Å². The fourth-order valence-corrected chi connectivity index (χ4v) is 4.90. The minimum atomic E-state index is -1.53. The molecule has 10 N–H and O–H groups in total. The summed E-state index contributed by atoms with van der Waals surface area (Å²) in [6, 6.07) is 9.28. The predicted molar refractivity (Wildman–Crippen MR) is 159 cm³/mol. The smallest absolute Gasteiger partial charge is 0.326 e. The number of nitrogens with one attached hydrogen (secondary N) is 5. The van der Waals surface area contributed by atoms with Crippen LogP contribution in [0.5, 0.6) is 0 Å². The lowest BCUT2D eigenvalue weighted by Crippen LogP contribution is -2.58. The molecule has 2 aromatic carbocycles. The van der Waals surface area contributed by atoms with Crippen molar-refractivity contribution in [3.63, 3.8) is 0 Å². The Morgan fingerprint density at radius 2 is 1.20 bits per heavy atom. The van der Waals surface area contributed by atoms with Crippen LogP contribution in [0.25, 0.3) is 21.8 Å². The number of aliphatic hydroxyl groups is 1. The molecule has 4 unspecified atom stereocenters. The molecule has 2 heterocycles. The largest absolute Gasteiger partial charge is 0.481 e. The molecule has 0 fully saturated rings. The van der Waals surface area contributed by atoms with Gasteiger partial charge in [0.1, 0.15) is 18.1 Å². The summed E-state index contributed by atoms with van der Waals surface area (Å²) in [6.07, 6.45) is 2.56. The highest BCUT2D eigenvalue weighted by Crippen LogP contribution is 2.20. The molecular formula is C30H34N6O8. The Morgan fingerprint density at radius 1 is 0.705 bits per heavy atom. The number of rotatable bonds is 15. The van der Waals surface area contributed by atoms with Crippen molar-refractivity contribution in [2.24, 2.45) is 5.73 Å². The van der Waals surface area contributed by atoms with Gasteiger partial charge in [-0.1, -0.05) is 36.4 Å². The van der Waals surface area contributed by atoms with Crippen LogP contribution in [0.3, 0.4) is 0 Å². The molecule has 4 rings (SSSR count). The van der Waals surface area contributed by atoms with Crippen molar-refractivity contribution in [1.82, 2.24) is 25.9 Å². The second-order valence-corrected chi connectivity index (χ2v) is 10.4. The molecule has 0 aliphatic rings. The van der Waals surface area contributed by atoms with Gasteiger partial charge in [0.25, 0.3) is 0 Å². The number of carbonyl (C=O) groups excluding carboxylic acids is 3. The second kappa shape index (κ2) is 14.3. The second-order valence-electron chi connectivity index (χ2n) is 10.4. The molecule has 4 aromatic rings. The molecule has 0 aliphatic heterocycles. The SMILES string of the molecule is NC(Cc1c[nH]c2ccccc12)C(=O)NC(CO)C(=O)NC(Cc1c[nH]c2ccccc12)C(=O)NC(CCC(=O)O)C(=O)O. The Kier molecular flexibility index (Phi) is 10.3. The molecule has 14 nitrogen and oxygen atoms in total. The summed E-state index contributed by atoms with van der Waals surface area (Å²) in [7, 11) is 0. The Labute approximate surface area is 251 Å². The summed E-state index contributed by atoms with van der Waals surface area (Å²) >= 11 is 0. The van der Waals surface area contributed by atoms with E-state index in [1.54, 1.807) is 24.5 Å². The number of para-hydroxylation sites is 2. The van der Waals surface area contributed by atoms with Crippen LogP contribution in [0.4, 0.5) is 0 Å². The van der Waals surface area contributed by atoms with Crippen LogP contribution >= 0.6 is 0 Å². The quantitative estimate of drug-likeness (QED) is 0.0894. The Bertz CT molecular complexity index is 1660. The van der Waals surface area contributed by atoms with Gasteiger partial charge in [0.15, 0.2) is 0 Å². The highest BCUT2D eigenvalue weighted by Gasteiger charge is 2.31. The minimum absolute atomic E-state index is 0.0843. The average molecular weight is 607 g/mol. The first-order valence-corrected chi connectivity index (χ1v) is 13.9. The normalized spacial score (nSPS) is 14.0. The van der Waals surface area contributed by atoms with E-state index >= 15 is 0 Å². The van der Waals surface area contributed by atoms with Crippen molar-refractivity contribution in [1.29, 1.82) is 0 Å². The maximum Gasteiger partial charge on any atom is 0.326 e. The van der Waals surface area contributed by atoms with E-state index in [4.69, 9.17) is 10.8 Å².